The van der Waals surface area contributed by atoms with Crippen molar-refractivity contribution in [2.24, 2.45) is 0 Å². The summed E-state index contributed by atoms with van der Waals surface area (Å²) in [6, 6.07) is 0. The second-order valence-electron chi connectivity index (χ2n) is 1.75. The Kier molecular flexibility index (Phi) is 1.61. The molecule has 0 aromatic heterocycles. The smallest absolute Gasteiger partial charge is 0.264 e. The lowest BCUT2D eigenvalue weighted by atomic mass is 10.2. The highest BCUT2D eigenvalue weighted by molar-refractivity contribution is 5.98. The minimum Gasteiger partial charge on any atom is -0.356 e. The van der Waals surface area contributed by atoms with E-state index in [1.54, 1.807) is 0 Å². The number of hydrogen-bond acceptors (Lipinski definition) is 3. The summed E-state index contributed by atoms with van der Waals surface area (Å²) in [5.74, 6) is 1.71. The highest BCUT2D eigenvalue weighted by Gasteiger charge is 2.15. The summed E-state index contributed by atoms with van der Waals surface area (Å²) in [4.78, 5) is 10.7. The van der Waals surface area contributed by atoms with Gasteiger partial charge in [0.2, 0.25) is 6.35 Å². The average molecular weight is 138 g/mol. The van der Waals surface area contributed by atoms with E-state index in [2.05, 4.69) is 16.6 Å². The topological polar surface area (TPSA) is 61.4 Å². The summed E-state index contributed by atoms with van der Waals surface area (Å²) in [5, 5.41) is 13.3. The lowest BCUT2D eigenvalue weighted by Crippen LogP contribution is -2.47. The molecule has 0 fully saturated rings. The number of terminal acetylenes is 1. The zero-order chi connectivity index (χ0) is 7.56. The molecule has 1 unspecified atom stereocenters. The van der Waals surface area contributed by atoms with Crippen molar-refractivity contribution in [1.29, 1.82) is 0 Å². The Labute approximate surface area is 57.9 Å². The van der Waals surface area contributed by atoms with E-state index in [0.717, 1.165) is 0 Å². The van der Waals surface area contributed by atoms with Crippen LogP contribution in [0.5, 0.6) is 0 Å². The Morgan fingerprint density at radius 1 is 1.80 bits per heavy atom. The van der Waals surface area contributed by atoms with Gasteiger partial charge >= 0.3 is 0 Å². The van der Waals surface area contributed by atoms with E-state index in [-0.39, 0.29) is 5.57 Å². The van der Waals surface area contributed by atoms with Crippen LogP contribution in [0.2, 0.25) is 0 Å². The predicted molar refractivity (Wildman–Crippen MR) is 34.2 cm³/mol. The first kappa shape index (κ1) is 6.65. The van der Waals surface area contributed by atoms with E-state index in [0.29, 0.717) is 0 Å². The first-order chi connectivity index (χ1) is 4.74. The molecule has 0 bridgehead atoms. The van der Waals surface area contributed by atoms with E-state index in [4.69, 9.17) is 11.5 Å². The Hall–Kier alpha value is -1.47. The highest BCUT2D eigenvalue weighted by atomic mass is 16.3. The van der Waals surface area contributed by atoms with Gasteiger partial charge in [0.15, 0.2) is 0 Å². The standard InChI is InChI=1S/C6H6N2O2/c1-2-4-3-7-6(10)8-5(4)9/h1,3,6-7,10H,(H,8,9). The second kappa shape index (κ2) is 2.42. The van der Waals surface area contributed by atoms with Gasteiger partial charge in [-0.25, -0.2) is 0 Å². The third-order valence-electron chi connectivity index (χ3n) is 1.05. The predicted octanol–water partition coefficient (Wildman–Crippen LogP) is -1.50. The Morgan fingerprint density at radius 3 is 3.00 bits per heavy atom. The first-order valence-corrected chi connectivity index (χ1v) is 2.66. The average Bonchev–Trinajstić information content (AvgIpc) is 1.88. The van der Waals surface area contributed by atoms with Gasteiger partial charge in [-0.2, -0.15) is 0 Å². The molecule has 1 rings (SSSR count). The molecule has 0 aromatic carbocycles. The van der Waals surface area contributed by atoms with Gasteiger partial charge in [-0.3, -0.25) is 4.79 Å². The van der Waals surface area contributed by atoms with Crippen molar-refractivity contribution in [2.75, 3.05) is 0 Å². The number of nitrogens with one attached hydrogen (secondary N) is 2. The van der Waals surface area contributed by atoms with E-state index < -0.39 is 12.3 Å². The van der Waals surface area contributed by atoms with Crippen LogP contribution in [0.1, 0.15) is 0 Å². The Bertz CT molecular complexity index is 226. The van der Waals surface area contributed by atoms with Crippen molar-refractivity contribution in [2.45, 2.75) is 6.35 Å². The molecule has 3 N–H and O–H groups in total. The largest absolute Gasteiger partial charge is 0.356 e. The van der Waals surface area contributed by atoms with Crippen LogP contribution in [0.4, 0.5) is 0 Å². The summed E-state index contributed by atoms with van der Waals surface area (Å²) in [7, 11) is 0. The first-order valence-electron chi connectivity index (χ1n) is 2.66. The van der Waals surface area contributed by atoms with Gasteiger partial charge in [0.1, 0.15) is 5.57 Å². The fraction of sp³-hybridized carbons (Fsp3) is 0.167. The molecule has 1 atom stereocenters. The molecule has 0 aromatic rings. The zero-order valence-electron chi connectivity index (χ0n) is 5.09. The SMILES string of the molecule is C#CC1=CNC(O)NC1=O. The minimum absolute atomic E-state index is 0.185. The number of amides is 1. The molecule has 0 saturated carbocycles. The van der Waals surface area contributed by atoms with Gasteiger partial charge in [0.25, 0.3) is 5.91 Å². The molecular formula is C6H6N2O2. The van der Waals surface area contributed by atoms with Gasteiger partial charge in [-0.05, 0) is 0 Å². The van der Waals surface area contributed by atoms with Gasteiger partial charge in [-0.1, -0.05) is 5.92 Å². The number of rotatable bonds is 0. The van der Waals surface area contributed by atoms with Crippen LogP contribution in [-0.2, 0) is 4.79 Å². The van der Waals surface area contributed by atoms with Crippen molar-refractivity contribution in [1.82, 2.24) is 10.6 Å². The van der Waals surface area contributed by atoms with Crippen LogP contribution >= 0.6 is 0 Å². The normalized spacial score (nSPS) is 23.8. The monoisotopic (exact) mass is 138 g/mol. The molecular weight excluding hydrogens is 132 g/mol. The van der Waals surface area contributed by atoms with Crippen molar-refractivity contribution in [3.8, 4) is 12.3 Å². The summed E-state index contributed by atoms with van der Waals surface area (Å²) in [5.41, 5.74) is 0.185. The van der Waals surface area contributed by atoms with Gasteiger partial charge in [-0.15, -0.1) is 6.42 Å². The summed E-state index contributed by atoms with van der Waals surface area (Å²) in [6.07, 6.45) is 5.21. The maximum atomic E-state index is 10.7. The minimum atomic E-state index is -1.02. The van der Waals surface area contributed by atoms with E-state index in [9.17, 15) is 4.79 Å². The van der Waals surface area contributed by atoms with Crippen LogP contribution in [0.3, 0.4) is 0 Å². The Morgan fingerprint density at radius 2 is 2.50 bits per heavy atom. The maximum absolute atomic E-state index is 10.7. The third-order valence-corrected chi connectivity index (χ3v) is 1.05. The van der Waals surface area contributed by atoms with Gasteiger partial charge in [0.05, 0.1) is 0 Å². The molecule has 4 heteroatoms. The molecule has 1 heterocycles. The molecule has 0 saturated heterocycles. The highest BCUT2D eigenvalue weighted by Crippen LogP contribution is 1.95. The van der Waals surface area contributed by atoms with Crippen molar-refractivity contribution in [3.63, 3.8) is 0 Å². The van der Waals surface area contributed by atoms with Gasteiger partial charge in [0, 0.05) is 6.20 Å². The van der Waals surface area contributed by atoms with Gasteiger partial charge < -0.3 is 15.7 Å². The number of aliphatic hydroxyl groups excluding tert-OH is 1. The van der Waals surface area contributed by atoms with Crippen molar-refractivity contribution < 1.29 is 9.90 Å². The molecule has 0 spiro atoms. The second-order valence-corrected chi connectivity index (χ2v) is 1.75. The van der Waals surface area contributed by atoms with Crippen LogP contribution < -0.4 is 10.6 Å². The lowest BCUT2D eigenvalue weighted by molar-refractivity contribution is -0.121. The van der Waals surface area contributed by atoms with Crippen LogP contribution in [0.15, 0.2) is 11.8 Å². The summed E-state index contributed by atoms with van der Waals surface area (Å²) >= 11 is 0. The fourth-order valence-corrected chi connectivity index (χ4v) is 0.579. The maximum Gasteiger partial charge on any atom is 0.264 e. The van der Waals surface area contributed by atoms with E-state index in [1.807, 2.05) is 0 Å². The zero-order valence-corrected chi connectivity index (χ0v) is 5.09. The van der Waals surface area contributed by atoms with Crippen molar-refractivity contribution in [3.05, 3.63) is 11.8 Å². The summed E-state index contributed by atoms with van der Waals surface area (Å²) in [6.45, 7) is 0. The van der Waals surface area contributed by atoms with E-state index >= 15 is 0 Å². The number of hydrogen-bond donors (Lipinski definition) is 3. The molecule has 10 heavy (non-hydrogen) atoms. The molecule has 1 aliphatic rings. The molecule has 1 aliphatic heterocycles. The number of carbonyl (C=O) groups excluding carboxylic acids is 1. The summed E-state index contributed by atoms with van der Waals surface area (Å²) < 4.78 is 0. The van der Waals surface area contributed by atoms with Crippen LogP contribution in [-0.4, -0.2) is 17.4 Å². The quantitative estimate of drug-likeness (QED) is 0.357. The molecule has 1 amide bonds. The molecule has 0 aliphatic carbocycles. The lowest BCUT2D eigenvalue weighted by Gasteiger charge is -2.17. The number of carbonyl (C=O) groups is 1. The van der Waals surface area contributed by atoms with Crippen LogP contribution in [0, 0.1) is 12.3 Å². The number of aliphatic hydroxyl groups is 1. The molecule has 4 nitrogen and oxygen atoms in total. The third kappa shape index (κ3) is 1.09. The Balaban J connectivity index is 2.78. The molecule has 52 valence electrons. The van der Waals surface area contributed by atoms with Crippen LogP contribution in [0.25, 0.3) is 0 Å². The van der Waals surface area contributed by atoms with E-state index in [1.165, 1.54) is 6.20 Å². The fourth-order valence-electron chi connectivity index (χ4n) is 0.579. The molecule has 0 radical (unpaired) electrons. The van der Waals surface area contributed by atoms with Crippen molar-refractivity contribution >= 4 is 5.91 Å².